The average molecular weight is 669 g/mol. The lowest BCUT2D eigenvalue weighted by Crippen LogP contribution is -2.27. The summed E-state index contributed by atoms with van der Waals surface area (Å²) in [6.07, 6.45) is 1.39. The maximum Gasteiger partial charge on any atom is 0.300 e. The number of aromatic nitrogens is 3. The van der Waals surface area contributed by atoms with Crippen LogP contribution >= 0.6 is 15.9 Å². The van der Waals surface area contributed by atoms with Crippen LogP contribution in [-0.4, -0.2) is 37.4 Å². The van der Waals surface area contributed by atoms with Gasteiger partial charge in [-0.3, -0.25) is 14.9 Å². The number of aliphatic hydroxyl groups excluding tert-OH is 1. The fourth-order valence-electron chi connectivity index (χ4n) is 5.75. The molecule has 6 aromatic rings. The van der Waals surface area contributed by atoms with E-state index in [0.717, 1.165) is 55.4 Å². The molecule has 2 aromatic heterocycles. The first-order valence-electron chi connectivity index (χ1n) is 14.5. The number of hydrogen-bond acceptors (Lipinski definition) is 7. The smallest absolute Gasteiger partial charge is 0.300 e. The third-order valence-corrected chi connectivity index (χ3v) is 8.64. The second-order valence-corrected chi connectivity index (χ2v) is 11.9. The van der Waals surface area contributed by atoms with Crippen LogP contribution in [-0.2, 0) is 37.2 Å². The van der Waals surface area contributed by atoms with Crippen LogP contribution in [0.15, 0.2) is 88.0 Å². The van der Waals surface area contributed by atoms with Crippen molar-refractivity contribution in [2.75, 3.05) is 6.54 Å². The number of carbonyl (C=O) groups excluding carboxylic acids is 1. The number of halogens is 1. The van der Waals surface area contributed by atoms with Gasteiger partial charge in [-0.1, -0.05) is 58.4 Å². The number of carbonyl (C=O) groups is 1. The zero-order chi connectivity index (χ0) is 31.5. The molecule has 0 aliphatic heterocycles. The van der Waals surface area contributed by atoms with Gasteiger partial charge < -0.3 is 15.0 Å². The minimum absolute atomic E-state index is 0.0303. The van der Waals surface area contributed by atoms with Gasteiger partial charge in [0.05, 0.1) is 18.0 Å². The largest absolute Gasteiger partial charge is 0.392 e. The molecule has 0 bridgehead atoms. The molecular formula is C34H30BrN5O5. The molecule has 45 heavy (non-hydrogen) atoms. The number of amides is 1. The first-order chi connectivity index (χ1) is 21.8. The van der Waals surface area contributed by atoms with Gasteiger partial charge in [-0.15, -0.1) is 0 Å². The van der Waals surface area contributed by atoms with Gasteiger partial charge in [-0.05, 0) is 93.8 Å². The van der Waals surface area contributed by atoms with E-state index in [1.54, 1.807) is 6.07 Å². The van der Waals surface area contributed by atoms with Gasteiger partial charge in [-0.25, -0.2) is 4.63 Å². The molecule has 0 saturated heterocycles. The van der Waals surface area contributed by atoms with Crippen LogP contribution < -0.4 is 5.32 Å². The summed E-state index contributed by atoms with van der Waals surface area (Å²) in [6, 6.07) is 25.1. The van der Waals surface area contributed by atoms with Crippen molar-refractivity contribution in [3.63, 3.8) is 0 Å². The van der Waals surface area contributed by atoms with Crippen LogP contribution in [0.25, 0.3) is 21.9 Å². The van der Waals surface area contributed by atoms with Crippen molar-refractivity contribution in [2.45, 2.75) is 39.3 Å². The number of fused-ring (bicyclic) bond motifs is 2. The molecule has 0 spiro atoms. The number of non-ortho nitro benzene ring substituents is 1. The van der Waals surface area contributed by atoms with Gasteiger partial charge in [-0.2, -0.15) is 0 Å². The standard InChI is InChI=1S/C34H30BrN5O5/c1-21-28(29-17-25(20-41)8-12-30(29)39(21)19-24-6-10-27(35)11-7-24)14-15-36-32(42)18-23-4-2-22(3-5-23)16-26-9-13-31(40(43)44)34-33(26)37-45-38-34/h2-13,17,41H,14-16,18-20H2,1H3,(H,36,42). The molecule has 0 aliphatic carbocycles. The number of hydrogen-bond donors (Lipinski definition) is 2. The highest BCUT2D eigenvalue weighted by Crippen LogP contribution is 2.29. The quantitative estimate of drug-likeness (QED) is 0.124. The Balaban J connectivity index is 1.10. The zero-order valence-corrected chi connectivity index (χ0v) is 26.1. The maximum atomic E-state index is 12.9. The Morgan fingerprint density at radius 2 is 1.64 bits per heavy atom. The predicted molar refractivity (Wildman–Crippen MR) is 174 cm³/mol. The molecule has 4 aromatic carbocycles. The summed E-state index contributed by atoms with van der Waals surface area (Å²) in [5, 5.41) is 32.7. The van der Waals surface area contributed by atoms with Crippen molar-refractivity contribution in [3.05, 3.63) is 133 Å². The van der Waals surface area contributed by atoms with Crippen molar-refractivity contribution < 1.29 is 19.5 Å². The SMILES string of the molecule is Cc1c(CCNC(=O)Cc2ccc(Cc3ccc([N+](=O)[O-])c4nonc34)cc2)c2cc(CO)ccc2n1Cc1ccc(Br)cc1. The summed E-state index contributed by atoms with van der Waals surface area (Å²) in [6.45, 7) is 3.29. The molecular weight excluding hydrogens is 638 g/mol. The number of rotatable bonds is 11. The lowest BCUT2D eigenvalue weighted by Gasteiger charge is -2.10. The van der Waals surface area contributed by atoms with E-state index in [2.05, 4.69) is 61.2 Å². The highest BCUT2D eigenvalue weighted by molar-refractivity contribution is 9.10. The number of nitro groups is 1. The molecule has 0 fully saturated rings. The number of aliphatic hydroxyl groups is 1. The Bertz CT molecular complexity index is 2020. The summed E-state index contributed by atoms with van der Waals surface area (Å²) in [4.78, 5) is 23.6. The predicted octanol–water partition coefficient (Wildman–Crippen LogP) is 6.19. The summed E-state index contributed by atoms with van der Waals surface area (Å²) >= 11 is 3.50. The first-order valence-corrected chi connectivity index (χ1v) is 15.3. The van der Waals surface area contributed by atoms with Crippen molar-refractivity contribution in [2.24, 2.45) is 0 Å². The number of nitro benzene ring substituents is 1. The van der Waals surface area contributed by atoms with E-state index in [1.807, 2.05) is 48.5 Å². The van der Waals surface area contributed by atoms with E-state index in [4.69, 9.17) is 4.63 Å². The normalized spacial score (nSPS) is 11.4. The van der Waals surface area contributed by atoms with Crippen LogP contribution in [0.5, 0.6) is 0 Å². The van der Waals surface area contributed by atoms with Crippen LogP contribution in [0.4, 0.5) is 5.69 Å². The zero-order valence-electron chi connectivity index (χ0n) is 24.5. The van der Waals surface area contributed by atoms with E-state index in [0.29, 0.717) is 24.9 Å². The molecule has 0 atom stereocenters. The number of benzene rings is 4. The first kappa shape index (κ1) is 30.2. The van der Waals surface area contributed by atoms with Crippen LogP contribution in [0.3, 0.4) is 0 Å². The average Bonchev–Trinajstić information content (AvgIpc) is 3.63. The van der Waals surface area contributed by atoms with Crippen molar-refractivity contribution in [1.82, 2.24) is 20.2 Å². The fourth-order valence-corrected chi connectivity index (χ4v) is 6.02. The molecule has 0 radical (unpaired) electrons. The second kappa shape index (κ2) is 13.0. The van der Waals surface area contributed by atoms with Gasteiger partial charge >= 0.3 is 5.69 Å². The second-order valence-electron chi connectivity index (χ2n) is 11.0. The highest BCUT2D eigenvalue weighted by atomic mass is 79.9. The Kier molecular flexibility index (Phi) is 8.72. The topological polar surface area (TPSA) is 136 Å². The molecule has 228 valence electrons. The molecule has 0 unspecified atom stereocenters. The fraction of sp³-hybridized carbons (Fsp3) is 0.206. The van der Waals surface area contributed by atoms with Crippen molar-refractivity contribution >= 4 is 49.5 Å². The van der Waals surface area contributed by atoms with Crippen molar-refractivity contribution in [1.29, 1.82) is 0 Å². The van der Waals surface area contributed by atoms with E-state index in [-0.39, 0.29) is 30.1 Å². The van der Waals surface area contributed by atoms with Crippen LogP contribution in [0, 0.1) is 17.0 Å². The molecule has 2 N–H and O–H groups in total. The summed E-state index contributed by atoms with van der Waals surface area (Å²) in [5.41, 5.74) is 8.40. The van der Waals surface area contributed by atoms with Crippen LogP contribution in [0.1, 0.15) is 39.1 Å². The lowest BCUT2D eigenvalue weighted by molar-refractivity contribution is -0.383. The van der Waals surface area contributed by atoms with E-state index >= 15 is 0 Å². The minimum Gasteiger partial charge on any atom is -0.392 e. The third-order valence-electron chi connectivity index (χ3n) is 8.11. The molecule has 0 saturated carbocycles. The molecule has 11 heteroatoms. The molecule has 10 nitrogen and oxygen atoms in total. The molecule has 0 aliphatic rings. The van der Waals surface area contributed by atoms with E-state index in [9.17, 15) is 20.0 Å². The van der Waals surface area contributed by atoms with E-state index in [1.165, 1.54) is 11.6 Å². The Morgan fingerprint density at radius 3 is 2.38 bits per heavy atom. The van der Waals surface area contributed by atoms with Crippen LogP contribution in [0.2, 0.25) is 0 Å². The Hall–Kier alpha value is -4.87. The molecule has 2 heterocycles. The summed E-state index contributed by atoms with van der Waals surface area (Å²) in [5.74, 6) is -0.0687. The Morgan fingerprint density at radius 1 is 0.956 bits per heavy atom. The molecule has 6 rings (SSSR count). The van der Waals surface area contributed by atoms with Gasteiger partial charge in [0.1, 0.15) is 5.52 Å². The monoisotopic (exact) mass is 667 g/mol. The highest BCUT2D eigenvalue weighted by Gasteiger charge is 2.20. The summed E-state index contributed by atoms with van der Waals surface area (Å²) < 4.78 is 8.09. The van der Waals surface area contributed by atoms with E-state index < -0.39 is 4.92 Å². The third kappa shape index (κ3) is 6.50. The van der Waals surface area contributed by atoms with Gasteiger partial charge in [0.25, 0.3) is 0 Å². The number of nitrogens with zero attached hydrogens (tertiary/aromatic N) is 4. The molecule has 1 amide bonds. The Labute approximate surface area is 266 Å². The van der Waals surface area contributed by atoms with Gasteiger partial charge in [0.2, 0.25) is 11.4 Å². The van der Waals surface area contributed by atoms with Gasteiger partial charge in [0.15, 0.2) is 0 Å². The van der Waals surface area contributed by atoms with Gasteiger partial charge in [0, 0.05) is 40.2 Å². The lowest BCUT2D eigenvalue weighted by atomic mass is 10.0. The maximum absolute atomic E-state index is 12.9. The number of nitrogens with one attached hydrogen (secondary N) is 1. The minimum atomic E-state index is -0.506. The summed E-state index contributed by atoms with van der Waals surface area (Å²) in [7, 11) is 0. The van der Waals surface area contributed by atoms with Crippen molar-refractivity contribution in [3.8, 4) is 0 Å².